The molecule has 2 aliphatic carbocycles. The summed E-state index contributed by atoms with van der Waals surface area (Å²) < 4.78 is 5.73. The molecular weight excluding hydrogens is 316 g/mol. The van der Waals surface area contributed by atoms with Gasteiger partial charge in [0.05, 0.1) is 0 Å². The summed E-state index contributed by atoms with van der Waals surface area (Å²) in [7, 11) is 0. The summed E-state index contributed by atoms with van der Waals surface area (Å²) in [4.78, 5) is 24.3. The number of amides is 2. The van der Waals surface area contributed by atoms with Crippen molar-refractivity contribution in [3.05, 3.63) is 29.3 Å². The molecule has 0 aromatic heterocycles. The molecule has 1 aromatic carbocycles. The van der Waals surface area contributed by atoms with E-state index in [0.717, 1.165) is 23.5 Å². The van der Waals surface area contributed by atoms with Crippen molar-refractivity contribution < 1.29 is 14.3 Å². The van der Waals surface area contributed by atoms with Gasteiger partial charge in [-0.15, -0.1) is 0 Å². The molecule has 0 spiro atoms. The molecule has 136 valence electrons. The molecule has 1 aromatic rings. The molecule has 2 aliphatic rings. The molecule has 2 fully saturated rings. The third kappa shape index (κ3) is 4.14. The number of fused-ring (bicyclic) bond motifs is 2. The number of hydrogen-bond donors (Lipinski definition) is 2. The Morgan fingerprint density at radius 1 is 1.20 bits per heavy atom. The lowest BCUT2D eigenvalue weighted by Gasteiger charge is -2.21. The maximum Gasteiger partial charge on any atom is 0.279 e. The Morgan fingerprint density at radius 3 is 2.68 bits per heavy atom. The highest BCUT2D eigenvalue weighted by Crippen LogP contribution is 2.49. The second kappa shape index (κ2) is 7.46. The van der Waals surface area contributed by atoms with E-state index in [1.54, 1.807) is 6.92 Å². The quantitative estimate of drug-likeness (QED) is 0.807. The normalized spacial score (nSPS) is 25.5. The number of ether oxygens (including phenoxy) is 1. The van der Waals surface area contributed by atoms with Crippen LogP contribution in [-0.4, -0.2) is 17.9 Å². The molecule has 5 nitrogen and oxygen atoms in total. The van der Waals surface area contributed by atoms with E-state index < -0.39 is 6.10 Å². The fourth-order valence-corrected chi connectivity index (χ4v) is 4.24. The van der Waals surface area contributed by atoms with Crippen molar-refractivity contribution in [2.75, 3.05) is 0 Å². The highest BCUT2D eigenvalue weighted by Gasteiger charge is 2.40. The van der Waals surface area contributed by atoms with Gasteiger partial charge in [-0.2, -0.15) is 0 Å². The first-order valence-corrected chi connectivity index (χ1v) is 9.25. The van der Waals surface area contributed by atoms with E-state index in [4.69, 9.17) is 4.74 Å². The Balaban J connectivity index is 1.43. The van der Waals surface area contributed by atoms with Crippen molar-refractivity contribution in [2.45, 2.75) is 59.0 Å². The molecule has 0 radical (unpaired) electrons. The summed E-state index contributed by atoms with van der Waals surface area (Å²) in [5, 5.41) is 0. The van der Waals surface area contributed by atoms with Crippen molar-refractivity contribution in [3.8, 4) is 5.75 Å². The van der Waals surface area contributed by atoms with Gasteiger partial charge in [0.2, 0.25) is 5.91 Å². The summed E-state index contributed by atoms with van der Waals surface area (Å²) >= 11 is 0. The number of carbonyl (C=O) groups excluding carboxylic acids is 2. The van der Waals surface area contributed by atoms with Gasteiger partial charge in [-0.05, 0) is 75.0 Å². The molecule has 2 bridgehead atoms. The zero-order valence-electron chi connectivity index (χ0n) is 15.3. The molecule has 0 aliphatic heterocycles. The average Bonchev–Trinajstić information content (AvgIpc) is 3.19. The SMILES string of the molecule is Cc1cccc(OC(C)C(=O)NNC(=O)CC2CC3CCC2C3)c1C. The topological polar surface area (TPSA) is 67.4 Å². The predicted molar refractivity (Wildman–Crippen MR) is 95.8 cm³/mol. The molecule has 0 heterocycles. The Labute approximate surface area is 149 Å². The van der Waals surface area contributed by atoms with Crippen LogP contribution in [0.2, 0.25) is 0 Å². The van der Waals surface area contributed by atoms with Gasteiger partial charge in [0.1, 0.15) is 5.75 Å². The zero-order valence-corrected chi connectivity index (χ0v) is 15.3. The predicted octanol–water partition coefficient (Wildman–Crippen LogP) is 3.04. The van der Waals surface area contributed by atoms with Crippen LogP contribution in [-0.2, 0) is 9.59 Å². The van der Waals surface area contributed by atoms with E-state index in [1.807, 2.05) is 32.0 Å². The molecule has 3 rings (SSSR count). The van der Waals surface area contributed by atoms with E-state index in [-0.39, 0.29) is 11.8 Å². The lowest BCUT2D eigenvalue weighted by atomic mass is 9.86. The van der Waals surface area contributed by atoms with Crippen molar-refractivity contribution in [2.24, 2.45) is 17.8 Å². The summed E-state index contributed by atoms with van der Waals surface area (Å²) in [5.41, 5.74) is 7.17. The van der Waals surface area contributed by atoms with Gasteiger partial charge in [0, 0.05) is 6.42 Å². The molecule has 0 saturated heterocycles. The highest BCUT2D eigenvalue weighted by molar-refractivity contribution is 5.84. The van der Waals surface area contributed by atoms with Gasteiger partial charge in [0.15, 0.2) is 6.10 Å². The standard InChI is InChI=1S/C20H28N2O3/c1-12-5-4-6-18(13(12)2)25-14(3)20(24)22-21-19(23)11-17-10-15-7-8-16(17)9-15/h4-6,14-17H,7-11H2,1-3H3,(H,21,23)(H,22,24). The first-order valence-electron chi connectivity index (χ1n) is 9.25. The molecule has 4 atom stereocenters. The second-order valence-corrected chi connectivity index (χ2v) is 7.63. The van der Waals surface area contributed by atoms with Gasteiger partial charge < -0.3 is 4.74 Å². The lowest BCUT2D eigenvalue weighted by molar-refractivity contribution is -0.133. The summed E-state index contributed by atoms with van der Waals surface area (Å²) in [6.07, 6.45) is 4.86. The van der Waals surface area contributed by atoms with Crippen molar-refractivity contribution in [3.63, 3.8) is 0 Å². The van der Waals surface area contributed by atoms with Crippen LogP contribution in [0.5, 0.6) is 5.75 Å². The molecule has 4 unspecified atom stereocenters. The van der Waals surface area contributed by atoms with E-state index in [9.17, 15) is 9.59 Å². The number of rotatable bonds is 5. The molecule has 2 N–H and O–H groups in total. The number of hydrazine groups is 1. The smallest absolute Gasteiger partial charge is 0.279 e. The molecule has 5 heteroatoms. The van der Waals surface area contributed by atoms with Crippen molar-refractivity contribution in [1.29, 1.82) is 0 Å². The molecule has 2 amide bonds. The molecule has 25 heavy (non-hydrogen) atoms. The lowest BCUT2D eigenvalue weighted by Crippen LogP contribution is -2.47. The summed E-state index contributed by atoms with van der Waals surface area (Å²) in [6, 6.07) is 5.75. The van der Waals surface area contributed by atoms with Crippen LogP contribution in [0.4, 0.5) is 0 Å². The number of nitrogens with one attached hydrogen (secondary N) is 2. The third-order valence-electron chi connectivity index (χ3n) is 5.89. The number of benzene rings is 1. The van der Waals surface area contributed by atoms with E-state index in [1.165, 1.54) is 19.3 Å². The Hall–Kier alpha value is -2.04. The maximum absolute atomic E-state index is 12.2. The fraction of sp³-hybridized carbons (Fsp3) is 0.600. The van der Waals surface area contributed by atoms with Gasteiger partial charge in [-0.1, -0.05) is 18.6 Å². The van der Waals surface area contributed by atoms with Gasteiger partial charge in [-0.25, -0.2) is 0 Å². The Bertz CT molecular complexity index is 658. The van der Waals surface area contributed by atoms with E-state index in [2.05, 4.69) is 10.9 Å². The number of carbonyl (C=O) groups is 2. The van der Waals surface area contributed by atoms with Crippen LogP contribution in [0.15, 0.2) is 18.2 Å². The third-order valence-corrected chi connectivity index (χ3v) is 5.89. The monoisotopic (exact) mass is 344 g/mol. The van der Waals surface area contributed by atoms with E-state index in [0.29, 0.717) is 24.0 Å². The minimum absolute atomic E-state index is 0.107. The van der Waals surface area contributed by atoms with Crippen LogP contribution >= 0.6 is 0 Å². The van der Waals surface area contributed by atoms with E-state index >= 15 is 0 Å². The summed E-state index contributed by atoms with van der Waals surface area (Å²) in [5.74, 6) is 2.25. The largest absolute Gasteiger partial charge is 0.481 e. The van der Waals surface area contributed by atoms with Gasteiger partial charge in [-0.3, -0.25) is 20.4 Å². The van der Waals surface area contributed by atoms with Crippen LogP contribution in [0, 0.1) is 31.6 Å². The first-order chi connectivity index (χ1) is 11.9. The second-order valence-electron chi connectivity index (χ2n) is 7.63. The van der Waals surface area contributed by atoms with Crippen LogP contribution in [0.3, 0.4) is 0 Å². The van der Waals surface area contributed by atoms with Crippen LogP contribution in [0.25, 0.3) is 0 Å². The average molecular weight is 344 g/mol. The van der Waals surface area contributed by atoms with Crippen LogP contribution < -0.4 is 15.6 Å². The number of aryl methyl sites for hydroxylation is 1. The van der Waals surface area contributed by atoms with Gasteiger partial charge >= 0.3 is 0 Å². The zero-order chi connectivity index (χ0) is 18.0. The maximum atomic E-state index is 12.2. The number of hydrogen-bond acceptors (Lipinski definition) is 3. The molecular formula is C20H28N2O3. The Morgan fingerprint density at radius 2 is 2.00 bits per heavy atom. The highest BCUT2D eigenvalue weighted by atomic mass is 16.5. The first kappa shape index (κ1) is 17.8. The van der Waals surface area contributed by atoms with Crippen molar-refractivity contribution in [1.82, 2.24) is 10.9 Å². The van der Waals surface area contributed by atoms with Crippen molar-refractivity contribution >= 4 is 11.8 Å². The van der Waals surface area contributed by atoms with Crippen LogP contribution in [0.1, 0.15) is 50.2 Å². The minimum atomic E-state index is -0.678. The fourth-order valence-electron chi connectivity index (χ4n) is 4.24. The van der Waals surface area contributed by atoms with Gasteiger partial charge in [0.25, 0.3) is 5.91 Å². The Kier molecular flexibility index (Phi) is 5.30. The minimum Gasteiger partial charge on any atom is -0.481 e. The molecule has 2 saturated carbocycles. The summed E-state index contributed by atoms with van der Waals surface area (Å²) in [6.45, 7) is 5.65.